The Morgan fingerprint density at radius 2 is 1.74 bits per heavy atom. The van der Waals surface area contributed by atoms with Crippen molar-refractivity contribution in [3.8, 4) is 0 Å². The molecule has 3 N–H and O–H groups in total. The predicted octanol–water partition coefficient (Wildman–Crippen LogP) is 3.64. The number of benzene rings is 2. The number of carbonyl (C=O) groups excluding carboxylic acids is 2. The minimum atomic E-state index is -0.512. The summed E-state index contributed by atoms with van der Waals surface area (Å²) in [6, 6.07) is 13.8. The van der Waals surface area contributed by atoms with E-state index in [1.165, 1.54) is 6.07 Å². The van der Waals surface area contributed by atoms with E-state index >= 15 is 0 Å². The van der Waals surface area contributed by atoms with Gasteiger partial charge in [-0.05, 0) is 29.8 Å². The normalized spacial score (nSPS) is 11.2. The Morgan fingerprint density at radius 1 is 1.04 bits per heavy atom. The van der Waals surface area contributed by atoms with Crippen molar-refractivity contribution in [1.29, 1.82) is 0 Å². The number of Topliss-reactive ketones (excluding diaryl/α,β-unsaturated/α-hetero) is 1. The van der Waals surface area contributed by atoms with Crippen LogP contribution >= 0.6 is 23.2 Å². The third-order valence-electron chi connectivity index (χ3n) is 3.16. The molecule has 0 atom stereocenters. The number of halogens is 2. The van der Waals surface area contributed by atoms with Gasteiger partial charge in [-0.25, -0.2) is 5.84 Å². The Morgan fingerprint density at radius 3 is 2.35 bits per heavy atom. The zero-order valence-electron chi connectivity index (χ0n) is 12.1. The molecule has 4 nitrogen and oxygen atoms in total. The first-order valence-electron chi connectivity index (χ1n) is 6.76. The van der Waals surface area contributed by atoms with Gasteiger partial charge in [0.25, 0.3) is 5.91 Å². The van der Waals surface area contributed by atoms with Crippen molar-refractivity contribution < 1.29 is 9.59 Å². The number of hydrogen-bond acceptors (Lipinski definition) is 3. The summed E-state index contributed by atoms with van der Waals surface area (Å²) >= 11 is 11.8. The number of hydrogen-bond donors (Lipinski definition) is 2. The molecule has 0 radical (unpaired) electrons. The molecule has 23 heavy (non-hydrogen) atoms. The van der Waals surface area contributed by atoms with Gasteiger partial charge in [0.1, 0.15) is 0 Å². The van der Waals surface area contributed by atoms with E-state index < -0.39 is 5.91 Å². The zero-order chi connectivity index (χ0) is 16.8. The number of amides is 1. The van der Waals surface area contributed by atoms with Crippen LogP contribution in [0, 0.1) is 0 Å². The SMILES string of the molecule is NNC(=O)/C(=C\c1ccccc1)CC(=O)c1ccc(Cl)c(Cl)c1. The van der Waals surface area contributed by atoms with E-state index in [-0.39, 0.29) is 22.8 Å². The monoisotopic (exact) mass is 348 g/mol. The van der Waals surface area contributed by atoms with Crippen molar-refractivity contribution in [3.05, 3.63) is 75.3 Å². The average Bonchev–Trinajstić information content (AvgIpc) is 2.56. The summed E-state index contributed by atoms with van der Waals surface area (Å²) < 4.78 is 0. The van der Waals surface area contributed by atoms with Crippen molar-refractivity contribution in [2.75, 3.05) is 0 Å². The fourth-order valence-corrected chi connectivity index (χ4v) is 2.28. The Labute approximate surface area is 143 Å². The van der Waals surface area contributed by atoms with Gasteiger partial charge in [0, 0.05) is 17.6 Å². The van der Waals surface area contributed by atoms with Crippen LogP contribution in [0.15, 0.2) is 54.1 Å². The minimum absolute atomic E-state index is 0.101. The molecule has 0 unspecified atom stereocenters. The molecule has 0 fully saturated rings. The Hall–Kier alpha value is -2.14. The molecule has 0 aliphatic rings. The first-order chi connectivity index (χ1) is 11.0. The molecule has 0 aliphatic heterocycles. The second-order valence-electron chi connectivity index (χ2n) is 4.78. The fourth-order valence-electron chi connectivity index (χ4n) is 1.98. The molecule has 0 bridgehead atoms. The van der Waals surface area contributed by atoms with Crippen LogP contribution in [0.3, 0.4) is 0 Å². The summed E-state index contributed by atoms with van der Waals surface area (Å²) in [6.45, 7) is 0. The molecule has 6 heteroatoms. The topological polar surface area (TPSA) is 72.2 Å². The summed E-state index contributed by atoms with van der Waals surface area (Å²) in [5.74, 6) is 4.43. The van der Waals surface area contributed by atoms with E-state index in [1.807, 2.05) is 30.3 Å². The van der Waals surface area contributed by atoms with Crippen LogP contribution in [0.1, 0.15) is 22.3 Å². The number of ketones is 1. The molecule has 1 amide bonds. The molecule has 0 aromatic heterocycles. The van der Waals surface area contributed by atoms with Crippen molar-refractivity contribution >= 4 is 41.0 Å². The lowest BCUT2D eigenvalue weighted by atomic mass is 10.0. The molecule has 0 spiro atoms. The maximum absolute atomic E-state index is 12.4. The van der Waals surface area contributed by atoms with Gasteiger partial charge in [0.2, 0.25) is 0 Å². The molecule has 0 aliphatic carbocycles. The highest BCUT2D eigenvalue weighted by atomic mass is 35.5. The highest BCUT2D eigenvalue weighted by molar-refractivity contribution is 6.42. The van der Waals surface area contributed by atoms with Crippen LogP contribution in [-0.4, -0.2) is 11.7 Å². The van der Waals surface area contributed by atoms with Gasteiger partial charge >= 0.3 is 0 Å². The molecule has 0 saturated heterocycles. The van der Waals surface area contributed by atoms with Crippen molar-refractivity contribution in [2.24, 2.45) is 5.84 Å². The van der Waals surface area contributed by atoms with E-state index in [0.29, 0.717) is 10.6 Å². The number of nitrogens with one attached hydrogen (secondary N) is 1. The largest absolute Gasteiger partial charge is 0.294 e. The maximum atomic E-state index is 12.4. The van der Waals surface area contributed by atoms with Gasteiger partial charge in [-0.1, -0.05) is 53.5 Å². The van der Waals surface area contributed by atoms with Gasteiger partial charge in [-0.2, -0.15) is 0 Å². The van der Waals surface area contributed by atoms with Crippen molar-refractivity contribution in [3.63, 3.8) is 0 Å². The second kappa shape index (κ2) is 7.92. The summed E-state index contributed by atoms with van der Waals surface area (Å²) in [7, 11) is 0. The number of rotatable bonds is 5. The van der Waals surface area contributed by atoms with Gasteiger partial charge in [0.05, 0.1) is 10.0 Å². The molecule has 0 heterocycles. The summed E-state index contributed by atoms with van der Waals surface area (Å²) in [5, 5.41) is 0.650. The van der Waals surface area contributed by atoms with E-state index in [2.05, 4.69) is 5.43 Å². The Bertz CT molecular complexity index is 758. The lowest BCUT2D eigenvalue weighted by molar-refractivity contribution is -0.117. The van der Waals surface area contributed by atoms with Gasteiger partial charge in [-0.3, -0.25) is 15.0 Å². The highest BCUT2D eigenvalue weighted by Crippen LogP contribution is 2.24. The number of hydrazine groups is 1. The molecule has 2 rings (SSSR count). The fraction of sp³-hybridized carbons (Fsp3) is 0.0588. The van der Waals surface area contributed by atoms with Gasteiger partial charge < -0.3 is 0 Å². The summed E-state index contributed by atoms with van der Waals surface area (Å²) in [4.78, 5) is 24.3. The predicted molar refractivity (Wildman–Crippen MR) is 92.2 cm³/mol. The second-order valence-corrected chi connectivity index (χ2v) is 5.60. The van der Waals surface area contributed by atoms with E-state index in [9.17, 15) is 9.59 Å². The number of carbonyl (C=O) groups is 2. The van der Waals surface area contributed by atoms with Gasteiger partial charge in [-0.15, -0.1) is 0 Å². The van der Waals surface area contributed by atoms with Crippen molar-refractivity contribution in [2.45, 2.75) is 6.42 Å². The van der Waals surface area contributed by atoms with Crippen LogP contribution in [0.5, 0.6) is 0 Å². The third kappa shape index (κ3) is 4.66. The Kier molecular flexibility index (Phi) is 5.93. The first kappa shape index (κ1) is 17.2. The molecule has 2 aromatic rings. The summed E-state index contributed by atoms with van der Waals surface area (Å²) in [5.41, 5.74) is 3.49. The standard InChI is InChI=1S/C17H14Cl2N2O2/c18-14-7-6-12(9-15(14)19)16(22)10-13(17(23)21-20)8-11-4-2-1-3-5-11/h1-9H,10,20H2,(H,21,23)/b13-8-. The quantitative estimate of drug-likeness (QED) is 0.285. The third-order valence-corrected chi connectivity index (χ3v) is 3.89. The molecular formula is C17H14Cl2N2O2. The maximum Gasteiger partial charge on any atom is 0.261 e. The lowest BCUT2D eigenvalue weighted by Crippen LogP contribution is -2.32. The van der Waals surface area contributed by atoms with Gasteiger partial charge in [0.15, 0.2) is 5.78 Å². The smallest absolute Gasteiger partial charge is 0.261 e. The van der Waals surface area contributed by atoms with Crippen LogP contribution < -0.4 is 11.3 Å². The lowest BCUT2D eigenvalue weighted by Gasteiger charge is -2.07. The van der Waals surface area contributed by atoms with Crippen LogP contribution in [0.2, 0.25) is 10.0 Å². The number of nitrogens with two attached hydrogens (primary N) is 1. The molecule has 2 aromatic carbocycles. The summed E-state index contributed by atoms with van der Waals surface area (Å²) in [6.07, 6.45) is 1.52. The van der Waals surface area contributed by atoms with Crippen LogP contribution in [0.4, 0.5) is 0 Å². The van der Waals surface area contributed by atoms with Crippen molar-refractivity contribution in [1.82, 2.24) is 5.43 Å². The molecule has 118 valence electrons. The van der Waals surface area contributed by atoms with E-state index in [1.54, 1.807) is 18.2 Å². The zero-order valence-corrected chi connectivity index (χ0v) is 13.6. The first-order valence-corrected chi connectivity index (χ1v) is 7.51. The minimum Gasteiger partial charge on any atom is -0.294 e. The average molecular weight is 349 g/mol. The van der Waals surface area contributed by atoms with E-state index in [0.717, 1.165) is 5.56 Å². The molecule has 0 saturated carbocycles. The van der Waals surface area contributed by atoms with Crippen LogP contribution in [-0.2, 0) is 4.79 Å². The van der Waals surface area contributed by atoms with E-state index in [4.69, 9.17) is 29.0 Å². The molecular weight excluding hydrogens is 335 g/mol. The highest BCUT2D eigenvalue weighted by Gasteiger charge is 2.15. The Balaban J connectivity index is 2.27. The van der Waals surface area contributed by atoms with Crippen LogP contribution in [0.25, 0.3) is 6.08 Å².